The number of phenolic OH excluding ortho intramolecular Hbond substituents is 1. The van der Waals surface area contributed by atoms with Crippen molar-refractivity contribution < 1.29 is 28.2 Å². The van der Waals surface area contributed by atoms with E-state index in [0.717, 1.165) is 11.3 Å². The summed E-state index contributed by atoms with van der Waals surface area (Å²) in [6.07, 6.45) is 1.62. The number of fused-ring (bicyclic) bond motifs is 1. The number of phenols is 1. The highest BCUT2D eigenvalue weighted by Crippen LogP contribution is 2.31. The number of alkyl halides is 2. The maximum absolute atomic E-state index is 13.4. The van der Waals surface area contributed by atoms with Crippen LogP contribution in [0.25, 0.3) is 6.08 Å². The molecule has 1 aliphatic rings. The first-order valence-corrected chi connectivity index (χ1v) is 11.1. The summed E-state index contributed by atoms with van der Waals surface area (Å²) in [5.74, 6) is -0.518. The molecule has 0 saturated heterocycles. The summed E-state index contributed by atoms with van der Waals surface area (Å²) >= 11 is 1.15. The Morgan fingerprint density at radius 2 is 1.88 bits per heavy atom. The van der Waals surface area contributed by atoms with Gasteiger partial charge in [0.05, 0.1) is 28.5 Å². The summed E-state index contributed by atoms with van der Waals surface area (Å²) in [6.45, 7) is 0.605. The highest BCUT2D eigenvalue weighted by atomic mass is 32.1. The molecule has 10 heteroatoms. The largest absolute Gasteiger partial charge is 0.508 e. The Morgan fingerprint density at radius 1 is 1.21 bits per heavy atom. The lowest BCUT2D eigenvalue weighted by atomic mass is 9.96. The van der Waals surface area contributed by atoms with Crippen molar-refractivity contribution in [3.8, 4) is 11.5 Å². The van der Waals surface area contributed by atoms with Gasteiger partial charge in [0.2, 0.25) is 0 Å². The van der Waals surface area contributed by atoms with E-state index < -0.39 is 18.6 Å². The highest BCUT2D eigenvalue weighted by molar-refractivity contribution is 7.07. The van der Waals surface area contributed by atoms with Crippen LogP contribution in [0.3, 0.4) is 0 Å². The number of nitrogens with zero attached hydrogens (tertiary/aromatic N) is 2. The minimum absolute atomic E-state index is 0.00985. The van der Waals surface area contributed by atoms with Crippen LogP contribution in [-0.4, -0.2) is 28.9 Å². The van der Waals surface area contributed by atoms with Crippen LogP contribution in [-0.2, 0) is 9.53 Å². The number of halogens is 2. The van der Waals surface area contributed by atoms with E-state index in [4.69, 9.17) is 4.74 Å². The molecular formula is C24H20F2N2O5S. The molecule has 1 N–H and O–H groups in total. The standard InChI is InChI=1S/C24H20F2N2O5S/c1-3-32-22(31)19-13(2)27-24-28(20(19)15-6-8-16(29)9-7-15)21(30)18(34-24)12-14-4-10-17(11-5-14)33-23(25)26/h4-12,20,23,29H,3H2,1-2H3/b18-12+. The highest BCUT2D eigenvalue weighted by Gasteiger charge is 2.33. The number of thiazole rings is 1. The Labute approximate surface area is 196 Å². The van der Waals surface area contributed by atoms with Gasteiger partial charge in [0.1, 0.15) is 11.5 Å². The maximum Gasteiger partial charge on any atom is 0.387 e. The molecular weight excluding hydrogens is 466 g/mol. The molecule has 4 rings (SSSR count). The number of aromatic nitrogens is 1. The molecule has 0 spiro atoms. The van der Waals surface area contributed by atoms with Crippen molar-refractivity contribution >= 4 is 23.4 Å². The normalized spacial score (nSPS) is 15.8. The number of aromatic hydroxyl groups is 1. The van der Waals surface area contributed by atoms with Crippen molar-refractivity contribution in [2.75, 3.05) is 6.61 Å². The molecule has 34 heavy (non-hydrogen) atoms. The monoisotopic (exact) mass is 486 g/mol. The molecule has 176 valence electrons. The fourth-order valence-electron chi connectivity index (χ4n) is 3.66. The minimum atomic E-state index is -2.92. The van der Waals surface area contributed by atoms with Gasteiger partial charge in [-0.1, -0.05) is 35.6 Å². The number of rotatable bonds is 6. The van der Waals surface area contributed by atoms with Gasteiger partial charge in [-0.15, -0.1) is 0 Å². The Morgan fingerprint density at radius 3 is 2.50 bits per heavy atom. The lowest BCUT2D eigenvalue weighted by molar-refractivity contribution is -0.139. The van der Waals surface area contributed by atoms with Gasteiger partial charge in [-0.25, -0.2) is 9.79 Å². The number of benzene rings is 2. The Balaban J connectivity index is 1.85. The summed E-state index contributed by atoms with van der Waals surface area (Å²) in [7, 11) is 0. The average Bonchev–Trinajstić information content (AvgIpc) is 3.09. The van der Waals surface area contributed by atoms with E-state index in [2.05, 4.69) is 9.73 Å². The molecule has 0 bridgehead atoms. The van der Waals surface area contributed by atoms with Gasteiger partial charge in [0.15, 0.2) is 4.80 Å². The van der Waals surface area contributed by atoms with Crippen LogP contribution in [0.5, 0.6) is 11.5 Å². The van der Waals surface area contributed by atoms with Crippen LogP contribution in [0.15, 0.2) is 69.6 Å². The zero-order valence-electron chi connectivity index (χ0n) is 18.2. The third-order valence-electron chi connectivity index (χ3n) is 5.13. The van der Waals surface area contributed by atoms with E-state index in [1.54, 1.807) is 44.2 Å². The topological polar surface area (TPSA) is 90.1 Å². The van der Waals surface area contributed by atoms with Gasteiger partial charge >= 0.3 is 12.6 Å². The zero-order valence-corrected chi connectivity index (χ0v) is 19.0. The molecule has 0 amide bonds. The number of ether oxygens (including phenoxy) is 2. The molecule has 1 aromatic heterocycles. The predicted octanol–water partition coefficient (Wildman–Crippen LogP) is 3.11. The Kier molecular flexibility index (Phi) is 6.60. The predicted molar refractivity (Wildman–Crippen MR) is 122 cm³/mol. The second kappa shape index (κ2) is 9.60. The SMILES string of the molecule is CCOC(=O)C1=C(C)N=c2s/c(=C/c3ccc(OC(F)F)cc3)c(=O)n2C1c1ccc(O)cc1. The van der Waals surface area contributed by atoms with Gasteiger partial charge < -0.3 is 14.6 Å². The number of hydrogen-bond acceptors (Lipinski definition) is 7. The fourth-order valence-corrected chi connectivity index (χ4v) is 4.71. The van der Waals surface area contributed by atoms with E-state index >= 15 is 0 Å². The molecule has 1 unspecified atom stereocenters. The first kappa shape index (κ1) is 23.4. The Bertz CT molecular complexity index is 1420. The summed E-state index contributed by atoms with van der Waals surface area (Å²) in [6, 6.07) is 11.3. The molecule has 1 aliphatic heterocycles. The average molecular weight is 486 g/mol. The summed E-state index contributed by atoms with van der Waals surface area (Å²) < 4.78 is 36.1. The van der Waals surface area contributed by atoms with Crippen molar-refractivity contribution in [3.05, 3.63) is 90.6 Å². The van der Waals surface area contributed by atoms with Crippen molar-refractivity contribution in [2.24, 2.45) is 4.99 Å². The Hall–Kier alpha value is -3.79. The third kappa shape index (κ3) is 4.62. The number of carbonyl (C=O) groups excluding carboxylic acids is 1. The fraction of sp³-hybridized carbons (Fsp3) is 0.208. The van der Waals surface area contributed by atoms with E-state index in [-0.39, 0.29) is 29.2 Å². The smallest absolute Gasteiger partial charge is 0.387 e. The van der Waals surface area contributed by atoms with Crippen LogP contribution < -0.4 is 19.6 Å². The number of hydrogen-bond donors (Lipinski definition) is 1. The van der Waals surface area contributed by atoms with Crippen LogP contribution in [0.4, 0.5) is 8.78 Å². The van der Waals surface area contributed by atoms with Crippen LogP contribution in [0.2, 0.25) is 0 Å². The lowest BCUT2D eigenvalue weighted by Crippen LogP contribution is -2.39. The van der Waals surface area contributed by atoms with Gasteiger partial charge in [-0.3, -0.25) is 9.36 Å². The van der Waals surface area contributed by atoms with Crippen LogP contribution in [0, 0.1) is 0 Å². The van der Waals surface area contributed by atoms with Crippen LogP contribution >= 0.6 is 11.3 Å². The van der Waals surface area contributed by atoms with Crippen LogP contribution in [0.1, 0.15) is 31.0 Å². The van der Waals surface area contributed by atoms with E-state index in [1.165, 1.54) is 28.8 Å². The minimum Gasteiger partial charge on any atom is -0.508 e. The van der Waals surface area contributed by atoms with Gasteiger partial charge in [0.25, 0.3) is 5.56 Å². The zero-order chi connectivity index (χ0) is 24.4. The second-order valence-corrected chi connectivity index (χ2v) is 8.35. The van der Waals surface area contributed by atoms with Gasteiger partial charge in [-0.05, 0) is 55.3 Å². The quantitative estimate of drug-likeness (QED) is 0.541. The van der Waals surface area contributed by atoms with E-state index in [1.807, 2.05) is 0 Å². The molecule has 2 aromatic carbocycles. The van der Waals surface area contributed by atoms with Crippen molar-refractivity contribution in [1.82, 2.24) is 4.57 Å². The molecule has 0 aliphatic carbocycles. The summed E-state index contributed by atoms with van der Waals surface area (Å²) in [5.41, 5.74) is 1.51. The summed E-state index contributed by atoms with van der Waals surface area (Å²) in [5, 5.41) is 9.71. The molecule has 0 fully saturated rings. The number of allylic oxidation sites excluding steroid dienone is 1. The third-order valence-corrected chi connectivity index (χ3v) is 6.11. The van der Waals surface area contributed by atoms with Crippen molar-refractivity contribution in [2.45, 2.75) is 26.5 Å². The second-order valence-electron chi connectivity index (χ2n) is 7.34. The first-order chi connectivity index (χ1) is 16.3. The summed E-state index contributed by atoms with van der Waals surface area (Å²) in [4.78, 5) is 31.1. The first-order valence-electron chi connectivity index (χ1n) is 10.3. The van der Waals surface area contributed by atoms with Crippen molar-refractivity contribution in [3.63, 3.8) is 0 Å². The molecule has 0 radical (unpaired) electrons. The molecule has 2 heterocycles. The van der Waals surface area contributed by atoms with Gasteiger partial charge in [-0.2, -0.15) is 8.78 Å². The lowest BCUT2D eigenvalue weighted by Gasteiger charge is -2.24. The van der Waals surface area contributed by atoms with E-state index in [0.29, 0.717) is 26.2 Å². The number of esters is 1. The van der Waals surface area contributed by atoms with Gasteiger partial charge in [0, 0.05) is 0 Å². The van der Waals surface area contributed by atoms with Crippen molar-refractivity contribution in [1.29, 1.82) is 0 Å². The number of carbonyl (C=O) groups is 1. The molecule has 3 aromatic rings. The maximum atomic E-state index is 13.4. The molecule has 1 atom stereocenters. The van der Waals surface area contributed by atoms with E-state index in [9.17, 15) is 23.5 Å². The molecule has 0 saturated carbocycles. The molecule has 7 nitrogen and oxygen atoms in total.